The second kappa shape index (κ2) is 10.9. The molecule has 5 rings (SSSR count). The van der Waals surface area contributed by atoms with Gasteiger partial charge in [0.05, 0.1) is 0 Å². The SMILES string of the molecule is c1ccc(CSc2ccccc2C[PH](c2ccccc2)(c2ccccc2)c2ccccc2)cc1. The molecule has 5 aromatic carbocycles. The molecule has 0 N–H and O–H groups in total. The van der Waals surface area contributed by atoms with E-state index in [1.807, 2.05) is 11.8 Å². The molecule has 0 atom stereocenters. The first kappa shape index (κ1) is 22.7. The first-order valence-corrected chi connectivity index (χ1v) is 15.0. The van der Waals surface area contributed by atoms with Crippen LogP contribution in [-0.4, -0.2) is 0 Å². The zero-order valence-electron chi connectivity index (χ0n) is 19.2. The van der Waals surface area contributed by atoms with Crippen LogP contribution in [0.1, 0.15) is 11.1 Å². The van der Waals surface area contributed by atoms with Crippen LogP contribution in [-0.2, 0) is 11.9 Å². The number of thioether (sulfide) groups is 1. The van der Waals surface area contributed by atoms with Gasteiger partial charge in [-0.2, -0.15) is 0 Å². The van der Waals surface area contributed by atoms with Crippen molar-refractivity contribution in [3.63, 3.8) is 0 Å². The molecule has 0 aliphatic heterocycles. The fourth-order valence-electron chi connectivity index (χ4n) is 4.79. The van der Waals surface area contributed by atoms with Crippen LogP contribution in [0.3, 0.4) is 0 Å². The Balaban J connectivity index is 1.63. The minimum absolute atomic E-state index is 0.981. The average Bonchev–Trinajstić information content (AvgIpc) is 2.93. The van der Waals surface area contributed by atoms with Crippen LogP contribution in [0.5, 0.6) is 0 Å². The topological polar surface area (TPSA) is 0 Å². The molecule has 5 aromatic rings. The summed E-state index contributed by atoms with van der Waals surface area (Å²) in [6.45, 7) is 0. The summed E-state index contributed by atoms with van der Waals surface area (Å²) < 4.78 is 0. The van der Waals surface area contributed by atoms with Crippen molar-refractivity contribution in [2.45, 2.75) is 16.8 Å². The summed E-state index contributed by atoms with van der Waals surface area (Å²) in [7, 11) is -2.32. The van der Waals surface area contributed by atoms with Crippen LogP contribution in [0.2, 0.25) is 0 Å². The molecule has 0 aliphatic carbocycles. The standard InChI is InChI=1S/C32H29PS/c1-5-15-27(16-6-1)26-34-32-24-14-13-17-28(32)25-33(29-18-7-2-8-19-29,30-20-9-3-10-21-30)31-22-11-4-12-23-31/h1-24,33H,25-26H2. The van der Waals surface area contributed by atoms with Gasteiger partial charge in [-0.25, -0.2) is 0 Å². The van der Waals surface area contributed by atoms with E-state index in [2.05, 4.69) is 146 Å². The van der Waals surface area contributed by atoms with E-state index in [1.165, 1.54) is 31.9 Å². The zero-order chi connectivity index (χ0) is 23.1. The van der Waals surface area contributed by atoms with E-state index in [4.69, 9.17) is 0 Å². The van der Waals surface area contributed by atoms with Gasteiger partial charge < -0.3 is 0 Å². The second-order valence-electron chi connectivity index (χ2n) is 8.56. The summed E-state index contributed by atoms with van der Waals surface area (Å²) in [5.74, 6) is 0.981. The van der Waals surface area contributed by atoms with Crippen molar-refractivity contribution in [2.24, 2.45) is 0 Å². The Bertz CT molecular complexity index is 1210. The molecule has 168 valence electrons. The summed E-state index contributed by atoms with van der Waals surface area (Å²) in [5.41, 5.74) is 2.80. The van der Waals surface area contributed by atoms with Gasteiger partial charge in [-0.3, -0.25) is 0 Å². The normalized spacial score (nSPS) is 11.8. The number of hydrogen-bond donors (Lipinski definition) is 0. The number of benzene rings is 5. The summed E-state index contributed by atoms with van der Waals surface area (Å²) >= 11 is 1.95. The second-order valence-corrected chi connectivity index (χ2v) is 13.5. The Morgan fingerprint density at radius 1 is 0.441 bits per heavy atom. The molecule has 34 heavy (non-hydrogen) atoms. The molecule has 0 aromatic heterocycles. The van der Waals surface area contributed by atoms with E-state index < -0.39 is 7.26 Å². The number of hydrogen-bond acceptors (Lipinski definition) is 1. The van der Waals surface area contributed by atoms with Crippen molar-refractivity contribution < 1.29 is 0 Å². The van der Waals surface area contributed by atoms with Crippen LogP contribution in [0.15, 0.2) is 150 Å². The molecule has 0 spiro atoms. The Hall–Kier alpha value is -3.12. The third kappa shape index (κ3) is 4.87. The monoisotopic (exact) mass is 476 g/mol. The van der Waals surface area contributed by atoms with Crippen molar-refractivity contribution in [3.8, 4) is 0 Å². The predicted molar refractivity (Wildman–Crippen MR) is 153 cm³/mol. The van der Waals surface area contributed by atoms with E-state index in [0.29, 0.717) is 0 Å². The van der Waals surface area contributed by atoms with Gasteiger partial charge in [-0.1, -0.05) is 0 Å². The van der Waals surface area contributed by atoms with Crippen molar-refractivity contribution in [2.75, 3.05) is 0 Å². The van der Waals surface area contributed by atoms with Crippen LogP contribution >= 0.6 is 19.0 Å². The molecular formula is C32H29PS. The Morgan fingerprint density at radius 3 is 1.35 bits per heavy atom. The van der Waals surface area contributed by atoms with Crippen molar-refractivity contribution in [3.05, 3.63) is 157 Å². The van der Waals surface area contributed by atoms with Gasteiger partial charge in [0.1, 0.15) is 0 Å². The molecular weight excluding hydrogens is 447 g/mol. The van der Waals surface area contributed by atoms with Gasteiger partial charge in [0, 0.05) is 0 Å². The zero-order valence-corrected chi connectivity index (χ0v) is 21.0. The van der Waals surface area contributed by atoms with Crippen LogP contribution in [0.25, 0.3) is 0 Å². The van der Waals surface area contributed by atoms with Crippen molar-refractivity contribution in [1.82, 2.24) is 0 Å². The Morgan fingerprint density at radius 2 is 0.853 bits per heavy atom. The third-order valence-electron chi connectivity index (χ3n) is 6.47. The summed E-state index contributed by atoms with van der Waals surface area (Å²) in [4.78, 5) is 1.38. The fourth-order valence-corrected chi connectivity index (χ4v) is 10.7. The third-order valence-corrected chi connectivity index (χ3v) is 12.5. The first-order chi connectivity index (χ1) is 16.9. The molecule has 0 saturated heterocycles. The van der Waals surface area contributed by atoms with Crippen LogP contribution in [0, 0.1) is 0 Å². The molecule has 0 fully saturated rings. The molecule has 0 aliphatic rings. The first-order valence-electron chi connectivity index (χ1n) is 11.8. The molecule has 0 amide bonds. The van der Waals surface area contributed by atoms with Gasteiger partial charge in [0.2, 0.25) is 0 Å². The quantitative estimate of drug-likeness (QED) is 0.168. The van der Waals surface area contributed by atoms with E-state index in [0.717, 1.165) is 11.9 Å². The van der Waals surface area contributed by atoms with Gasteiger partial charge in [-0.15, -0.1) is 0 Å². The van der Waals surface area contributed by atoms with Gasteiger partial charge in [0.15, 0.2) is 0 Å². The summed E-state index contributed by atoms with van der Waals surface area (Å²) in [6, 6.07) is 53.3. The van der Waals surface area contributed by atoms with Gasteiger partial charge in [-0.05, 0) is 0 Å². The molecule has 0 unspecified atom stereocenters. The molecule has 0 bridgehead atoms. The predicted octanol–water partition coefficient (Wildman–Crippen LogP) is 7.21. The van der Waals surface area contributed by atoms with Crippen LogP contribution < -0.4 is 15.9 Å². The van der Waals surface area contributed by atoms with Crippen molar-refractivity contribution in [1.29, 1.82) is 0 Å². The van der Waals surface area contributed by atoms with E-state index in [9.17, 15) is 0 Å². The van der Waals surface area contributed by atoms with Gasteiger partial charge in [0.25, 0.3) is 0 Å². The average molecular weight is 477 g/mol. The maximum absolute atomic E-state index is 2.34. The number of rotatable bonds is 8. The maximum atomic E-state index is 2.34. The summed E-state index contributed by atoms with van der Waals surface area (Å²) in [6.07, 6.45) is 1.03. The van der Waals surface area contributed by atoms with Crippen molar-refractivity contribution >= 4 is 34.9 Å². The minimum atomic E-state index is -2.32. The van der Waals surface area contributed by atoms with E-state index in [1.54, 1.807) is 0 Å². The molecule has 0 heterocycles. The van der Waals surface area contributed by atoms with Crippen LogP contribution in [0.4, 0.5) is 0 Å². The van der Waals surface area contributed by atoms with Gasteiger partial charge >= 0.3 is 208 Å². The fraction of sp³-hybridized carbons (Fsp3) is 0.0625. The summed E-state index contributed by atoms with van der Waals surface area (Å²) in [5, 5.41) is 4.36. The molecule has 2 heteroatoms. The Kier molecular flexibility index (Phi) is 7.25. The molecule has 0 nitrogen and oxygen atoms in total. The molecule has 0 saturated carbocycles. The molecule has 0 radical (unpaired) electrons. The van der Waals surface area contributed by atoms with E-state index >= 15 is 0 Å². The van der Waals surface area contributed by atoms with E-state index in [-0.39, 0.29) is 0 Å². The Labute approximate surface area is 208 Å².